The molecule has 2 nitrogen and oxygen atoms in total. The van der Waals surface area contributed by atoms with E-state index in [1.54, 1.807) is 0 Å². The standard InChI is InChI=1S/C25H20N2/c1-3-8-21-17(6-1)14-20-15-18(11-12-22(20)21)25-24-10-5-13-27(24)23-9-4-2-7-19(23)16-26-25/h1-13,15,25-26H,14,16H2/p+1/t25-/m0/s1. The highest BCUT2D eigenvalue weighted by atomic mass is 15.1. The minimum absolute atomic E-state index is 0.321. The van der Waals surface area contributed by atoms with Gasteiger partial charge in [0.1, 0.15) is 6.54 Å². The summed E-state index contributed by atoms with van der Waals surface area (Å²) in [5.41, 5.74) is 11.2. The summed E-state index contributed by atoms with van der Waals surface area (Å²) in [5, 5.41) is 2.47. The van der Waals surface area contributed by atoms with Crippen molar-refractivity contribution >= 4 is 0 Å². The Labute approximate surface area is 159 Å². The van der Waals surface area contributed by atoms with E-state index in [4.69, 9.17) is 0 Å². The number of nitrogens with zero attached hydrogens (tertiary/aromatic N) is 1. The third kappa shape index (κ3) is 2.23. The molecule has 0 bridgehead atoms. The second-order valence-electron chi connectivity index (χ2n) is 7.60. The van der Waals surface area contributed by atoms with Crippen LogP contribution in [0.15, 0.2) is 85.1 Å². The molecule has 0 unspecified atom stereocenters. The molecule has 1 aromatic heterocycles. The molecule has 0 saturated carbocycles. The molecule has 2 N–H and O–H groups in total. The number of benzene rings is 3. The zero-order chi connectivity index (χ0) is 17.8. The molecule has 2 heteroatoms. The SMILES string of the molecule is c1ccc2c(c1)Cc1cc([C@@H]3[NH2+]Cc4ccccc4-n4cccc43)ccc1-2. The van der Waals surface area contributed by atoms with Gasteiger partial charge < -0.3 is 9.88 Å². The van der Waals surface area contributed by atoms with Crippen molar-refractivity contribution in [1.82, 2.24) is 4.57 Å². The first-order valence-corrected chi connectivity index (χ1v) is 9.68. The van der Waals surface area contributed by atoms with Gasteiger partial charge in [-0.2, -0.15) is 0 Å². The zero-order valence-electron chi connectivity index (χ0n) is 15.1. The summed E-state index contributed by atoms with van der Waals surface area (Å²) in [4.78, 5) is 0. The van der Waals surface area contributed by atoms with E-state index in [-0.39, 0.29) is 0 Å². The Morgan fingerprint density at radius 2 is 1.56 bits per heavy atom. The molecule has 1 aliphatic heterocycles. The lowest BCUT2D eigenvalue weighted by Gasteiger charge is -2.16. The summed E-state index contributed by atoms with van der Waals surface area (Å²) < 4.78 is 2.37. The fourth-order valence-electron chi connectivity index (χ4n) is 4.82. The topological polar surface area (TPSA) is 21.5 Å². The average molecular weight is 349 g/mol. The van der Waals surface area contributed by atoms with Gasteiger partial charge in [0.05, 0.1) is 11.4 Å². The predicted molar refractivity (Wildman–Crippen MR) is 108 cm³/mol. The fraction of sp³-hybridized carbons (Fsp3) is 0.120. The first kappa shape index (κ1) is 15.0. The minimum atomic E-state index is 0.321. The monoisotopic (exact) mass is 349 g/mol. The van der Waals surface area contributed by atoms with E-state index in [0.717, 1.165) is 13.0 Å². The molecule has 1 aliphatic carbocycles. The number of aromatic nitrogens is 1. The Morgan fingerprint density at radius 3 is 2.52 bits per heavy atom. The van der Waals surface area contributed by atoms with Gasteiger partial charge in [0.15, 0.2) is 6.04 Å². The summed E-state index contributed by atoms with van der Waals surface area (Å²) >= 11 is 0. The molecule has 130 valence electrons. The Kier molecular flexibility index (Phi) is 3.17. The summed E-state index contributed by atoms with van der Waals surface area (Å²) in [7, 11) is 0. The van der Waals surface area contributed by atoms with Crippen molar-refractivity contribution in [3.8, 4) is 16.8 Å². The van der Waals surface area contributed by atoms with Gasteiger partial charge in [0.25, 0.3) is 0 Å². The molecule has 0 saturated heterocycles. The van der Waals surface area contributed by atoms with Crippen LogP contribution in [0.25, 0.3) is 16.8 Å². The van der Waals surface area contributed by atoms with E-state index in [0.29, 0.717) is 6.04 Å². The molecular weight excluding hydrogens is 328 g/mol. The molecular formula is C25H21N2+. The lowest BCUT2D eigenvalue weighted by molar-refractivity contribution is -0.702. The first-order chi connectivity index (χ1) is 13.4. The van der Waals surface area contributed by atoms with Crippen molar-refractivity contribution < 1.29 is 5.32 Å². The van der Waals surface area contributed by atoms with E-state index in [1.807, 2.05) is 0 Å². The number of quaternary nitrogens is 1. The number of hydrogen-bond acceptors (Lipinski definition) is 0. The molecule has 2 heterocycles. The van der Waals surface area contributed by atoms with E-state index in [9.17, 15) is 0 Å². The maximum atomic E-state index is 2.47. The Morgan fingerprint density at radius 1 is 0.741 bits per heavy atom. The number of nitrogens with two attached hydrogens (primary N) is 1. The van der Waals surface area contributed by atoms with Crippen LogP contribution in [0.1, 0.15) is 34.0 Å². The lowest BCUT2D eigenvalue weighted by Crippen LogP contribution is -2.83. The summed E-state index contributed by atoms with van der Waals surface area (Å²) in [5.74, 6) is 0. The molecule has 3 aromatic carbocycles. The van der Waals surface area contributed by atoms with Crippen molar-refractivity contribution in [2.24, 2.45) is 0 Å². The van der Waals surface area contributed by atoms with Crippen LogP contribution in [0, 0.1) is 0 Å². The van der Waals surface area contributed by atoms with Gasteiger partial charge in [0, 0.05) is 17.3 Å². The zero-order valence-corrected chi connectivity index (χ0v) is 15.1. The van der Waals surface area contributed by atoms with Crippen LogP contribution in [0.5, 0.6) is 0 Å². The van der Waals surface area contributed by atoms with E-state index in [2.05, 4.69) is 94.9 Å². The second-order valence-corrected chi connectivity index (χ2v) is 7.60. The van der Waals surface area contributed by atoms with Gasteiger partial charge in [-0.15, -0.1) is 0 Å². The van der Waals surface area contributed by atoms with Gasteiger partial charge in [0.2, 0.25) is 0 Å². The number of para-hydroxylation sites is 1. The summed E-state index contributed by atoms with van der Waals surface area (Å²) in [6.07, 6.45) is 3.25. The Hall–Kier alpha value is -3.10. The van der Waals surface area contributed by atoms with Crippen LogP contribution in [0.2, 0.25) is 0 Å². The maximum Gasteiger partial charge on any atom is 0.153 e. The number of hydrogen-bond donors (Lipinski definition) is 1. The molecule has 1 atom stereocenters. The molecule has 0 amide bonds. The van der Waals surface area contributed by atoms with Crippen LogP contribution in [0.3, 0.4) is 0 Å². The van der Waals surface area contributed by atoms with Crippen LogP contribution in [-0.4, -0.2) is 4.57 Å². The molecule has 0 fully saturated rings. The summed E-state index contributed by atoms with van der Waals surface area (Å²) in [6, 6.07) is 29.4. The highest BCUT2D eigenvalue weighted by Crippen LogP contribution is 2.38. The van der Waals surface area contributed by atoms with Crippen LogP contribution >= 0.6 is 0 Å². The largest absolute Gasteiger partial charge is 0.331 e. The molecule has 0 radical (unpaired) electrons. The highest BCUT2D eigenvalue weighted by molar-refractivity contribution is 5.77. The third-order valence-corrected chi connectivity index (χ3v) is 6.10. The van der Waals surface area contributed by atoms with Gasteiger partial charge >= 0.3 is 0 Å². The molecule has 0 spiro atoms. The van der Waals surface area contributed by atoms with Crippen molar-refractivity contribution in [1.29, 1.82) is 0 Å². The van der Waals surface area contributed by atoms with Crippen LogP contribution in [0.4, 0.5) is 0 Å². The predicted octanol–water partition coefficient (Wildman–Crippen LogP) is 4.21. The Balaban J connectivity index is 1.45. The van der Waals surface area contributed by atoms with Gasteiger partial charge in [-0.25, -0.2) is 0 Å². The van der Waals surface area contributed by atoms with Crippen molar-refractivity contribution in [3.05, 3.63) is 113 Å². The first-order valence-electron chi connectivity index (χ1n) is 9.68. The quantitative estimate of drug-likeness (QED) is 0.468. The Bertz CT molecular complexity index is 1170. The van der Waals surface area contributed by atoms with E-state index in [1.165, 1.54) is 44.8 Å². The highest BCUT2D eigenvalue weighted by Gasteiger charge is 2.27. The van der Waals surface area contributed by atoms with Crippen molar-refractivity contribution in [3.63, 3.8) is 0 Å². The van der Waals surface area contributed by atoms with Gasteiger partial charge in [-0.3, -0.25) is 0 Å². The lowest BCUT2D eigenvalue weighted by atomic mass is 9.97. The summed E-state index contributed by atoms with van der Waals surface area (Å²) in [6.45, 7) is 1.000. The van der Waals surface area contributed by atoms with E-state index >= 15 is 0 Å². The van der Waals surface area contributed by atoms with Gasteiger partial charge in [-0.05, 0) is 52.9 Å². The molecule has 27 heavy (non-hydrogen) atoms. The van der Waals surface area contributed by atoms with Crippen LogP contribution < -0.4 is 5.32 Å². The third-order valence-electron chi connectivity index (χ3n) is 6.10. The molecule has 6 rings (SSSR count). The minimum Gasteiger partial charge on any atom is -0.331 e. The average Bonchev–Trinajstić information content (AvgIpc) is 3.29. The normalized spacial score (nSPS) is 16.8. The number of fused-ring (bicyclic) bond motifs is 6. The van der Waals surface area contributed by atoms with Crippen molar-refractivity contribution in [2.45, 2.75) is 19.0 Å². The number of rotatable bonds is 1. The smallest absolute Gasteiger partial charge is 0.153 e. The maximum absolute atomic E-state index is 2.47. The van der Waals surface area contributed by atoms with Crippen molar-refractivity contribution in [2.75, 3.05) is 0 Å². The van der Waals surface area contributed by atoms with Crippen LogP contribution in [-0.2, 0) is 13.0 Å². The second kappa shape index (κ2) is 5.70. The molecule has 2 aliphatic rings. The van der Waals surface area contributed by atoms with Gasteiger partial charge in [-0.1, -0.05) is 54.6 Å². The molecule has 4 aromatic rings. The van der Waals surface area contributed by atoms with E-state index < -0.39 is 0 Å². The fourth-order valence-corrected chi connectivity index (χ4v) is 4.82.